The van der Waals surface area contributed by atoms with E-state index in [1.54, 1.807) is 6.92 Å². The van der Waals surface area contributed by atoms with Gasteiger partial charge in [0.15, 0.2) is 0 Å². The molecule has 1 unspecified atom stereocenters. The van der Waals surface area contributed by atoms with Gasteiger partial charge in [-0.25, -0.2) is 4.98 Å². The van der Waals surface area contributed by atoms with E-state index in [0.717, 1.165) is 19.5 Å². The molecule has 0 spiro atoms. The Morgan fingerprint density at radius 1 is 1.40 bits per heavy atom. The highest BCUT2D eigenvalue weighted by molar-refractivity contribution is 5.48. The van der Waals surface area contributed by atoms with Gasteiger partial charge in [-0.1, -0.05) is 24.3 Å². The monoisotopic (exact) mass is 342 g/mol. The van der Waals surface area contributed by atoms with Crippen LogP contribution in [-0.2, 0) is 13.0 Å². The molecule has 1 aromatic carbocycles. The molecule has 0 amide bonds. The highest BCUT2D eigenvalue weighted by atomic mass is 16.6. The lowest BCUT2D eigenvalue weighted by molar-refractivity contribution is -0.385. The molecule has 0 bridgehead atoms. The first-order valence-corrected chi connectivity index (χ1v) is 8.35. The van der Waals surface area contributed by atoms with E-state index in [2.05, 4.69) is 33.4 Å². The Kier molecular flexibility index (Phi) is 5.25. The zero-order valence-corrected chi connectivity index (χ0v) is 14.2. The molecular weight excluding hydrogens is 320 g/mol. The van der Waals surface area contributed by atoms with Crippen LogP contribution in [0.5, 0.6) is 0 Å². The average Bonchev–Trinajstić information content (AvgIpc) is 2.60. The summed E-state index contributed by atoms with van der Waals surface area (Å²) in [6.45, 7) is 4.47. The molecule has 0 radical (unpaired) electrons. The molecule has 7 heteroatoms. The minimum Gasteiger partial charge on any atom is -0.390 e. The maximum atomic E-state index is 10.7. The number of nitrogens with zero attached hydrogens (tertiary/aromatic N) is 3. The molecule has 0 saturated heterocycles. The van der Waals surface area contributed by atoms with E-state index < -0.39 is 11.0 Å². The number of aliphatic hydroxyl groups is 1. The second-order valence-corrected chi connectivity index (χ2v) is 6.40. The second kappa shape index (κ2) is 7.58. The predicted octanol–water partition coefficient (Wildman–Crippen LogP) is 2.13. The van der Waals surface area contributed by atoms with Crippen molar-refractivity contribution in [3.63, 3.8) is 0 Å². The fraction of sp³-hybridized carbons (Fsp3) is 0.389. The van der Waals surface area contributed by atoms with Gasteiger partial charge in [0.25, 0.3) is 5.69 Å². The molecule has 2 heterocycles. The Hall–Kier alpha value is -2.51. The first-order chi connectivity index (χ1) is 12.0. The van der Waals surface area contributed by atoms with Crippen molar-refractivity contribution < 1.29 is 10.0 Å². The lowest BCUT2D eigenvalue weighted by Gasteiger charge is -2.30. The van der Waals surface area contributed by atoms with Crippen molar-refractivity contribution in [1.29, 1.82) is 0 Å². The number of aromatic nitrogens is 1. The maximum Gasteiger partial charge on any atom is 0.287 e. The van der Waals surface area contributed by atoms with Gasteiger partial charge in [-0.2, -0.15) is 0 Å². The lowest BCUT2D eigenvalue weighted by atomic mass is 10.00. The van der Waals surface area contributed by atoms with Crippen LogP contribution in [0.25, 0.3) is 0 Å². The van der Waals surface area contributed by atoms with E-state index in [1.807, 2.05) is 6.07 Å². The Balaban J connectivity index is 1.52. The number of nitro groups is 1. The SMILES string of the molecule is Cc1cc([N+](=O)[O-])cnc1NCC(O)CN1CCc2ccccc2C1. The van der Waals surface area contributed by atoms with Crippen molar-refractivity contribution in [3.05, 3.63) is 63.3 Å². The van der Waals surface area contributed by atoms with E-state index in [1.165, 1.54) is 23.4 Å². The third-order valence-corrected chi connectivity index (χ3v) is 4.46. The van der Waals surface area contributed by atoms with Gasteiger partial charge in [-0.15, -0.1) is 0 Å². The zero-order valence-electron chi connectivity index (χ0n) is 14.2. The van der Waals surface area contributed by atoms with Crippen LogP contribution in [0.1, 0.15) is 16.7 Å². The van der Waals surface area contributed by atoms with Crippen molar-refractivity contribution in [3.8, 4) is 0 Å². The van der Waals surface area contributed by atoms with Crippen molar-refractivity contribution >= 4 is 11.5 Å². The Morgan fingerprint density at radius 3 is 2.88 bits per heavy atom. The van der Waals surface area contributed by atoms with Gasteiger partial charge in [0.05, 0.1) is 11.0 Å². The molecule has 25 heavy (non-hydrogen) atoms. The topological polar surface area (TPSA) is 91.5 Å². The quantitative estimate of drug-likeness (QED) is 0.617. The average molecular weight is 342 g/mol. The molecule has 1 atom stereocenters. The fourth-order valence-corrected chi connectivity index (χ4v) is 3.13. The summed E-state index contributed by atoms with van der Waals surface area (Å²) in [4.78, 5) is 16.6. The number of nitrogens with one attached hydrogen (secondary N) is 1. The smallest absolute Gasteiger partial charge is 0.287 e. The molecule has 1 aliphatic heterocycles. The summed E-state index contributed by atoms with van der Waals surface area (Å²) in [5.41, 5.74) is 3.36. The van der Waals surface area contributed by atoms with Gasteiger partial charge >= 0.3 is 0 Å². The van der Waals surface area contributed by atoms with Crippen LogP contribution in [-0.4, -0.2) is 45.7 Å². The molecule has 0 aliphatic carbocycles. The minimum atomic E-state index is -0.540. The molecule has 0 saturated carbocycles. The molecule has 2 N–H and O–H groups in total. The van der Waals surface area contributed by atoms with Gasteiger partial charge in [0, 0.05) is 32.2 Å². The predicted molar refractivity (Wildman–Crippen MR) is 95.5 cm³/mol. The number of β-amino-alcohol motifs (C(OH)–C–C–N with tert-alkyl or cyclic N) is 1. The van der Waals surface area contributed by atoms with Crippen LogP contribution < -0.4 is 5.32 Å². The summed E-state index contributed by atoms with van der Waals surface area (Å²) in [5.74, 6) is 0.564. The molecule has 7 nitrogen and oxygen atoms in total. The molecular formula is C18H22N4O3. The van der Waals surface area contributed by atoms with Crippen molar-refractivity contribution in [2.24, 2.45) is 0 Å². The first-order valence-electron chi connectivity index (χ1n) is 8.35. The number of pyridine rings is 1. The summed E-state index contributed by atoms with van der Waals surface area (Å²) >= 11 is 0. The van der Waals surface area contributed by atoms with Gasteiger partial charge in [0.1, 0.15) is 12.0 Å². The fourth-order valence-electron chi connectivity index (χ4n) is 3.13. The largest absolute Gasteiger partial charge is 0.390 e. The highest BCUT2D eigenvalue weighted by Crippen LogP contribution is 2.19. The third kappa shape index (κ3) is 4.32. The number of hydrogen-bond donors (Lipinski definition) is 2. The van der Waals surface area contributed by atoms with Crippen LogP contribution in [0.4, 0.5) is 11.5 Å². The van der Waals surface area contributed by atoms with Crippen LogP contribution in [0.3, 0.4) is 0 Å². The minimum absolute atomic E-state index is 0.0319. The molecule has 0 fully saturated rings. The third-order valence-electron chi connectivity index (χ3n) is 4.46. The Bertz CT molecular complexity index is 766. The summed E-state index contributed by atoms with van der Waals surface area (Å²) in [6, 6.07) is 9.88. The van der Waals surface area contributed by atoms with E-state index in [9.17, 15) is 15.2 Å². The van der Waals surface area contributed by atoms with Crippen molar-refractivity contribution in [2.75, 3.05) is 25.0 Å². The van der Waals surface area contributed by atoms with E-state index in [-0.39, 0.29) is 5.69 Å². The molecule has 3 rings (SSSR count). The van der Waals surface area contributed by atoms with Crippen LogP contribution >= 0.6 is 0 Å². The maximum absolute atomic E-state index is 10.7. The number of fused-ring (bicyclic) bond motifs is 1. The van der Waals surface area contributed by atoms with Gasteiger partial charge in [-0.05, 0) is 30.0 Å². The normalized spacial score (nSPS) is 15.4. The molecule has 2 aromatic rings. The number of anilines is 1. The lowest BCUT2D eigenvalue weighted by Crippen LogP contribution is -2.39. The summed E-state index contributed by atoms with van der Waals surface area (Å²) < 4.78 is 0. The van der Waals surface area contributed by atoms with E-state index >= 15 is 0 Å². The second-order valence-electron chi connectivity index (χ2n) is 6.40. The number of aryl methyl sites for hydroxylation is 1. The Morgan fingerprint density at radius 2 is 2.16 bits per heavy atom. The van der Waals surface area contributed by atoms with Crippen LogP contribution in [0, 0.1) is 17.0 Å². The standard InChI is InChI=1S/C18H22N4O3/c1-13-8-16(22(24)25)9-19-18(13)20-10-17(23)12-21-7-6-14-4-2-3-5-15(14)11-21/h2-5,8-9,17,23H,6-7,10-12H2,1H3,(H,19,20). The number of hydrogen-bond acceptors (Lipinski definition) is 6. The van der Waals surface area contributed by atoms with Gasteiger partial charge < -0.3 is 10.4 Å². The zero-order chi connectivity index (χ0) is 17.8. The van der Waals surface area contributed by atoms with Crippen molar-refractivity contribution in [2.45, 2.75) is 26.0 Å². The Labute approximate surface area is 146 Å². The van der Waals surface area contributed by atoms with Crippen molar-refractivity contribution in [1.82, 2.24) is 9.88 Å². The van der Waals surface area contributed by atoms with Gasteiger partial charge in [0.2, 0.25) is 0 Å². The van der Waals surface area contributed by atoms with Gasteiger partial charge in [-0.3, -0.25) is 15.0 Å². The highest BCUT2D eigenvalue weighted by Gasteiger charge is 2.18. The number of benzene rings is 1. The number of aliphatic hydroxyl groups excluding tert-OH is 1. The molecule has 1 aliphatic rings. The molecule has 1 aromatic heterocycles. The number of rotatable bonds is 6. The molecule has 132 valence electrons. The van der Waals surface area contributed by atoms with Crippen LogP contribution in [0.15, 0.2) is 36.5 Å². The summed E-state index contributed by atoms with van der Waals surface area (Å²) in [5, 5.41) is 24.1. The van der Waals surface area contributed by atoms with E-state index in [0.29, 0.717) is 24.5 Å². The van der Waals surface area contributed by atoms with Crippen LogP contribution in [0.2, 0.25) is 0 Å². The van der Waals surface area contributed by atoms with E-state index in [4.69, 9.17) is 0 Å². The first kappa shape index (κ1) is 17.3. The summed E-state index contributed by atoms with van der Waals surface area (Å²) in [6.07, 6.45) is 1.68. The summed E-state index contributed by atoms with van der Waals surface area (Å²) in [7, 11) is 0.